The number of rotatable bonds is 2. The molecule has 0 aromatic carbocycles. The van der Waals surface area contributed by atoms with Crippen molar-refractivity contribution in [3.05, 3.63) is 24.0 Å². The smallest absolute Gasteiger partial charge is 0.158 e. The van der Waals surface area contributed by atoms with Gasteiger partial charge in [0.15, 0.2) is 5.65 Å². The minimum Gasteiger partial charge on any atom is -0.394 e. The Morgan fingerprint density at radius 1 is 1.54 bits per heavy atom. The van der Waals surface area contributed by atoms with E-state index in [1.165, 1.54) is 0 Å². The van der Waals surface area contributed by atoms with E-state index in [0.717, 1.165) is 16.7 Å². The summed E-state index contributed by atoms with van der Waals surface area (Å²) in [5.74, 6) is 0. The molecule has 4 heteroatoms. The van der Waals surface area contributed by atoms with Gasteiger partial charge in [-0.25, -0.2) is 9.67 Å². The largest absolute Gasteiger partial charge is 0.394 e. The Labute approximate surface area is 75.8 Å². The van der Waals surface area contributed by atoms with E-state index in [2.05, 4.69) is 10.1 Å². The number of hydrogen-bond acceptors (Lipinski definition) is 3. The molecule has 0 unspecified atom stereocenters. The topological polar surface area (TPSA) is 50.9 Å². The lowest BCUT2D eigenvalue weighted by Gasteiger charge is -1.97. The van der Waals surface area contributed by atoms with Crippen LogP contribution in [0.1, 0.15) is 5.69 Å². The molecule has 2 rings (SSSR count). The Hall–Kier alpha value is -1.42. The van der Waals surface area contributed by atoms with Crippen molar-refractivity contribution in [1.82, 2.24) is 14.8 Å². The summed E-state index contributed by atoms with van der Waals surface area (Å²) in [6.45, 7) is 2.53. The summed E-state index contributed by atoms with van der Waals surface area (Å²) in [4.78, 5) is 4.21. The average molecular weight is 177 g/mol. The number of nitrogens with zero attached hydrogens (tertiary/aromatic N) is 3. The van der Waals surface area contributed by atoms with Gasteiger partial charge < -0.3 is 5.11 Å². The Balaban J connectivity index is 2.63. The summed E-state index contributed by atoms with van der Waals surface area (Å²) in [5, 5.41) is 14.1. The zero-order chi connectivity index (χ0) is 9.26. The summed E-state index contributed by atoms with van der Waals surface area (Å²) in [5.41, 5.74) is 1.80. The number of aryl methyl sites for hydroxylation is 1. The normalized spacial score (nSPS) is 10.9. The summed E-state index contributed by atoms with van der Waals surface area (Å²) < 4.78 is 1.73. The van der Waals surface area contributed by atoms with Gasteiger partial charge in [0.1, 0.15) is 0 Å². The van der Waals surface area contributed by atoms with Gasteiger partial charge in [0, 0.05) is 11.6 Å². The van der Waals surface area contributed by atoms with Crippen LogP contribution < -0.4 is 0 Å². The molecule has 0 saturated heterocycles. The van der Waals surface area contributed by atoms with E-state index in [9.17, 15) is 0 Å². The summed E-state index contributed by atoms with van der Waals surface area (Å²) in [6.07, 6.45) is 1.73. The lowest BCUT2D eigenvalue weighted by Crippen LogP contribution is -2.04. The standard InChI is InChI=1S/C9H11N3O/c1-7-8-3-2-4-10-9(8)12(11-7)5-6-13/h2-4,13H,5-6H2,1H3. The molecule has 0 aliphatic rings. The Morgan fingerprint density at radius 2 is 2.38 bits per heavy atom. The van der Waals surface area contributed by atoms with Crippen LogP contribution in [0.3, 0.4) is 0 Å². The van der Waals surface area contributed by atoms with E-state index < -0.39 is 0 Å². The predicted octanol–water partition coefficient (Wildman–Crippen LogP) is 0.732. The molecule has 0 fully saturated rings. The molecule has 0 bridgehead atoms. The molecule has 4 nitrogen and oxygen atoms in total. The highest BCUT2D eigenvalue weighted by Gasteiger charge is 2.05. The van der Waals surface area contributed by atoms with Crippen molar-refractivity contribution in [1.29, 1.82) is 0 Å². The first-order chi connectivity index (χ1) is 6.33. The molecule has 2 aromatic rings. The molecule has 2 heterocycles. The zero-order valence-electron chi connectivity index (χ0n) is 7.44. The van der Waals surface area contributed by atoms with E-state index in [1.807, 2.05) is 19.1 Å². The molecule has 0 aliphatic heterocycles. The predicted molar refractivity (Wildman–Crippen MR) is 49.4 cm³/mol. The highest BCUT2D eigenvalue weighted by atomic mass is 16.3. The van der Waals surface area contributed by atoms with Crippen LogP contribution in [-0.4, -0.2) is 26.5 Å². The van der Waals surface area contributed by atoms with Gasteiger partial charge in [-0.2, -0.15) is 5.10 Å². The van der Waals surface area contributed by atoms with Crippen molar-refractivity contribution >= 4 is 11.0 Å². The van der Waals surface area contributed by atoms with Gasteiger partial charge in [-0.05, 0) is 19.1 Å². The molecule has 0 atom stereocenters. The third-order valence-electron chi connectivity index (χ3n) is 2.00. The van der Waals surface area contributed by atoms with Crippen molar-refractivity contribution < 1.29 is 5.11 Å². The fraction of sp³-hybridized carbons (Fsp3) is 0.333. The number of aromatic nitrogens is 3. The maximum Gasteiger partial charge on any atom is 0.158 e. The zero-order valence-corrected chi connectivity index (χ0v) is 7.44. The van der Waals surface area contributed by atoms with Crippen molar-refractivity contribution in [2.24, 2.45) is 0 Å². The molecule has 0 amide bonds. The van der Waals surface area contributed by atoms with Crippen LogP contribution in [0, 0.1) is 6.92 Å². The molecule has 0 radical (unpaired) electrons. The van der Waals surface area contributed by atoms with Crippen molar-refractivity contribution in [3.63, 3.8) is 0 Å². The number of hydrogen-bond donors (Lipinski definition) is 1. The molecular formula is C9H11N3O. The SMILES string of the molecule is Cc1nn(CCO)c2ncccc12. The second kappa shape index (κ2) is 3.14. The van der Waals surface area contributed by atoms with Gasteiger partial charge in [-0.3, -0.25) is 0 Å². The van der Waals surface area contributed by atoms with Crippen LogP contribution in [0.15, 0.2) is 18.3 Å². The minimum absolute atomic E-state index is 0.0901. The van der Waals surface area contributed by atoms with Crippen LogP contribution in [0.25, 0.3) is 11.0 Å². The third-order valence-corrected chi connectivity index (χ3v) is 2.00. The second-order valence-corrected chi connectivity index (χ2v) is 2.91. The van der Waals surface area contributed by atoms with Gasteiger partial charge >= 0.3 is 0 Å². The molecule has 2 aromatic heterocycles. The van der Waals surface area contributed by atoms with Crippen molar-refractivity contribution in [2.75, 3.05) is 6.61 Å². The Kier molecular flexibility index (Phi) is 1.98. The van der Waals surface area contributed by atoms with E-state index in [0.29, 0.717) is 6.54 Å². The van der Waals surface area contributed by atoms with Gasteiger partial charge in [-0.15, -0.1) is 0 Å². The maximum atomic E-state index is 8.80. The summed E-state index contributed by atoms with van der Waals surface area (Å²) >= 11 is 0. The highest BCUT2D eigenvalue weighted by molar-refractivity contribution is 5.77. The van der Waals surface area contributed by atoms with E-state index in [1.54, 1.807) is 10.9 Å². The lowest BCUT2D eigenvalue weighted by molar-refractivity contribution is 0.271. The quantitative estimate of drug-likeness (QED) is 0.735. The fourth-order valence-corrected chi connectivity index (χ4v) is 1.42. The van der Waals surface area contributed by atoms with Crippen molar-refractivity contribution in [3.8, 4) is 0 Å². The summed E-state index contributed by atoms with van der Waals surface area (Å²) in [6, 6.07) is 3.87. The van der Waals surface area contributed by atoms with Crippen LogP contribution >= 0.6 is 0 Å². The Morgan fingerprint density at radius 3 is 3.15 bits per heavy atom. The molecule has 0 saturated carbocycles. The van der Waals surface area contributed by atoms with E-state index in [4.69, 9.17) is 5.11 Å². The van der Waals surface area contributed by atoms with Crippen molar-refractivity contribution in [2.45, 2.75) is 13.5 Å². The Bertz CT molecular complexity index is 422. The first-order valence-electron chi connectivity index (χ1n) is 4.22. The van der Waals surface area contributed by atoms with E-state index in [-0.39, 0.29) is 6.61 Å². The van der Waals surface area contributed by atoms with Crippen LogP contribution in [-0.2, 0) is 6.54 Å². The second-order valence-electron chi connectivity index (χ2n) is 2.91. The maximum absolute atomic E-state index is 8.80. The molecule has 13 heavy (non-hydrogen) atoms. The molecule has 0 aliphatic carbocycles. The average Bonchev–Trinajstić information content (AvgIpc) is 2.46. The number of fused-ring (bicyclic) bond motifs is 1. The number of aliphatic hydroxyl groups excluding tert-OH is 1. The number of aliphatic hydroxyl groups is 1. The third kappa shape index (κ3) is 1.29. The number of pyridine rings is 1. The fourth-order valence-electron chi connectivity index (χ4n) is 1.42. The van der Waals surface area contributed by atoms with Crippen LogP contribution in [0.2, 0.25) is 0 Å². The molecule has 1 N–H and O–H groups in total. The van der Waals surface area contributed by atoms with Crippen LogP contribution in [0.4, 0.5) is 0 Å². The van der Waals surface area contributed by atoms with E-state index >= 15 is 0 Å². The monoisotopic (exact) mass is 177 g/mol. The van der Waals surface area contributed by atoms with Gasteiger partial charge in [0.2, 0.25) is 0 Å². The summed E-state index contributed by atoms with van der Waals surface area (Å²) in [7, 11) is 0. The molecular weight excluding hydrogens is 166 g/mol. The first kappa shape index (κ1) is 8.19. The first-order valence-corrected chi connectivity index (χ1v) is 4.22. The van der Waals surface area contributed by atoms with Gasteiger partial charge in [-0.1, -0.05) is 0 Å². The van der Waals surface area contributed by atoms with Gasteiger partial charge in [0.05, 0.1) is 18.8 Å². The molecule has 68 valence electrons. The van der Waals surface area contributed by atoms with Gasteiger partial charge in [0.25, 0.3) is 0 Å². The minimum atomic E-state index is 0.0901. The molecule has 0 spiro atoms. The van der Waals surface area contributed by atoms with Crippen LogP contribution in [0.5, 0.6) is 0 Å². The lowest BCUT2D eigenvalue weighted by atomic mass is 10.3. The highest BCUT2D eigenvalue weighted by Crippen LogP contribution is 2.14.